The Bertz CT molecular complexity index is 923. The second-order valence-corrected chi connectivity index (χ2v) is 7.58. The zero-order valence-electron chi connectivity index (χ0n) is 17.4. The van der Waals surface area contributed by atoms with E-state index in [9.17, 15) is 9.59 Å². The number of carbonyl (C=O) groups excluding carboxylic acids is 2. The Labute approximate surface area is 176 Å². The summed E-state index contributed by atoms with van der Waals surface area (Å²) in [5.74, 6) is 0.484. The molecule has 3 heterocycles. The number of amides is 2. The summed E-state index contributed by atoms with van der Waals surface area (Å²) in [4.78, 5) is 32.6. The molecule has 0 aliphatic carbocycles. The molecule has 158 valence electrons. The van der Waals surface area contributed by atoms with E-state index in [1.807, 2.05) is 25.1 Å². The Morgan fingerprint density at radius 3 is 2.70 bits per heavy atom. The first-order chi connectivity index (χ1) is 14.6. The van der Waals surface area contributed by atoms with Crippen molar-refractivity contribution >= 4 is 23.2 Å². The van der Waals surface area contributed by atoms with Crippen LogP contribution in [0, 0.1) is 0 Å². The summed E-state index contributed by atoms with van der Waals surface area (Å²) >= 11 is 0. The molecule has 8 nitrogen and oxygen atoms in total. The van der Waals surface area contributed by atoms with Crippen LogP contribution in [0.2, 0.25) is 0 Å². The van der Waals surface area contributed by atoms with E-state index in [0.717, 1.165) is 55.4 Å². The molecule has 1 atom stereocenters. The zero-order valence-corrected chi connectivity index (χ0v) is 17.4. The summed E-state index contributed by atoms with van der Waals surface area (Å²) in [6, 6.07) is 9.72. The molecule has 1 fully saturated rings. The summed E-state index contributed by atoms with van der Waals surface area (Å²) in [5.41, 5.74) is 3.36. The van der Waals surface area contributed by atoms with Crippen LogP contribution in [0.4, 0.5) is 11.4 Å². The fourth-order valence-corrected chi connectivity index (χ4v) is 3.82. The highest BCUT2D eigenvalue weighted by atomic mass is 16.5. The Balaban J connectivity index is 1.34. The molecule has 2 aliphatic heterocycles. The van der Waals surface area contributed by atoms with Crippen LogP contribution in [0.3, 0.4) is 0 Å². The average Bonchev–Trinajstić information content (AvgIpc) is 2.78. The monoisotopic (exact) mass is 409 g/mol. The van der Waals surface area contributed by atoms with Crippen molar-refractivity contribution in [1.29, 1.82) is 0 Å². The van der Waals surface area contributed by atoms with E-state index in [0.29, 0.717) is 12.1 Å². The minimum atomic E-state index is -0.406. The van der Waals surface area contributed by atoms with Crippen LogP contribution < -0.4 is 20.3 Å². The van der Waals surface area contributed by atoms with Crippen molar-refractivity contribution < 1.29 is 14.3 Å². The maximum atomic E-state index is 12.1. The van der Waals surface area contributed by atoms with Gasteiger partial charge in [0.25, 0.3) is 11.8 Å². The molecule has 30 heavy (non-hydrogen) atoms. The number of nitrogens with one attached hydrogen (secondary N) is 2. The van der Waals surface area contributed by atoms with E-state index in [2.05, 4.69) is 31.5 Å². The third-order valence-electron chi connectivity index (χ3n) is 5.59. The zero-order chi connectivity index (χ0) is 21.1. The highest BCUT2D eigenvalue weighted by Gasteiger charge is 2.26. The van der Waals surface area contributed by atoms with Crippen molar-refractivity contribution in [3.05, 3.63) is 47.8 Å². The van der Waals surface area contributed by atoms with Crippen molar-refractivity contribution in [2.45, 2.75) is 26.0 Å². The van der Waals surface area contributed by atoms with Gasteiger partial charge >= 0.3 is 0 Å². The summed E-state index contributed by atoms with van der Waals surface area (Å²) < 4.78 is 5.77. The third kappa shape index (κ3) is 4.23. The Morgan fingerprint density at radius 1 is 1.23 bits per heavy atom. The van der Waals surface area contributed by atoms with Gasteiger partial charge in [-0.15, -0.1) is 0 Å². The van der Waals surface area contributed by atoms with Crippen LogP contribution in [0.1, 0.15) is 29.4 Å². The third-order valence-corrected chi connectivity index (χ3v) is 5.59. The number of ether oxygens (including phenoxy) is 1. The van der Waals surface area contributed by atoms with E-state index in [-0.39, 0.29) is 11.8 Å². The number of aromatic nitrogens is 1. The molecule has 2 amide bonds. The Hall–Kier alpha value is -3.13. The van der Waals surface area contributed by atoms with Gasteiger partial charge in [0.2, 0.25) is 0 Å². The summed E-state index contributed by atoms with van der Waals surface area (Å²) in [6.45, 7) is 6.40. The second-order valence-electron chi connectivity index (χ2n) is 7.58. The first-order valence-electron chi connectivity index (χ1n) is 10.3. The highest BCUT2D eigenvalue weighted by Crippen LogP contribution is 2.31. The van der Waals surface area contributed by atoms with E-state index in [4.69, 9.17) is 4.74 Å². The van der Waals surface area contributed by atoms with Gasteiger partial charge in [-0.1, -0.05) is 13.0 Å². The molecule has 0 spiro atoms. The molecule has 2 aliphatic rings. The molecule has 1 aromatic carbocycles. The van der Waals surface area contributed by atoms with Crippen molar-refractivity contribution in [1.82, 2.24) is 15.2 Å². The lowest BCUT2D eigenvalue weighted by molar-refractivity contribution is -0.123. The standard InChI is InChI=1S/C22H27N5O3/c1-3-19-22(29)25-18-12-15(4-7-20(18)30-19)14-26-8-10-27(11-9-26)16-5-6-17(24-13-16)21(28)23-2/h4-7,12-13,19H,3,8-11,14H2,1-2H3,(H,23,28)(H,25,29)/t19-/m0/s1. The largest absolute Gasteiger partial charge is 0.478 e. The molecule has 8 heteroatoms. The van der Waals surface area contributed by atoms with Crippen LogP contribution in [0.15, 0.2) is 36.5 Å². The van der Waals surface area contributed by atoms with Gasteiger partial charge < -0.3 is 20.3 Å². The smallest absolute Gasteiger partial charge is 0.269 e. The number of benzene rings is 1. The minimum absolute atomic E-state index is 0.0770. The molecule has 1 saturated heterocycles. The van der Waals surface area contributed by atoms with E-state index >= 15 is 0 Å². The average molecular weight is 409 g/mol. The Kier molecular flexibility index (Phi) is 5.85. The number of pyridine rings is 1. The van der Waals surface area contributed by atoms with E-state index in [1.165, 1.54) is 0 Å². The van der Waals surface area contributed by atoms with Crippen LogP contribution in [0.25, 0.3) is 0 Å². The number of hydrogen-bond donors (Lipinski definition) is 2. The van der Waals surface area contributed by atoms with Crippen LogP contribution >= 0.6 is 0 Å². The number of nitrogens with zero attached hydrogens (tertiary/aromatic N) is 3. The normalized spacial score (nSPS) is 18.9. The SMILES string of the molecule is CC[C@@H]1Oc2ccc(CN3CCN(c4ccc(C(=O)NC)nc4)CC3)cc2NC1=O. The molecule has 0 bridgehead atoms. The van der Waals surface area contributed by atoms with Crippen molar-refractivity contribution in [3.63, 3.8) is 0 Å². The number of hydrogen-bond acceptors (Lipinski definition) is 6. The molecule has 0 saturated carbocycles. The van der Waals surface area contributed by atoms with Gasteiger partial charge in [-0.2, -0.15) is 0 Å². The lowest BCUT2D eigenvalue weighted by Gasteiger charge is -2.36. The number of anilines is 2. The van der Waals surface area contributed by atoms with Gasteiger partial charge in [0, 0.05) is 39.8 Å². The van der Waals surface area contributed by atoms with E-state index < -0.39 is 6.10 Å². The number of carbonyl (C=O) groups is 2. The lowest BCUT2D eigenvalue weighted by Crippen LogP contribution is -2.46. The van der Waals surface area contributed by atoms with Crippen molar-refractivity contribution in [2.75, 3.05) is 43.4 Å². The van der Waals surface area contributed by atoms with Crippen molar-refractivity contribution in [2.24, 2.45) is 0 Å². The molecule has 0 radical (unpaired) electrons. The van der Waals surface area contributed by atoms with Gasteiger partial charge in [-0.25, -0.2) is 4.98 Å². The fourth-order valence-electron chi connectivity index (χ4n) is 3.82. The molecule has 2 N–H and O–H groups in total. The topological polar surface area (TPSA) is 86.8 Å². The first kappa shape index (κ1) is 20.2. The molecular weight excluding hydrogens is 382 g/mol. The quantitative estimate of drug-likeness (QED) is 0.784. The summed E-state index contributed by atoms with van der Waals surface area (Å²) in [5, 5.41) is 5.54. The number of rotatable bonds is 5. The summed E-state index contributed by atoms with van der Waals surface area (Å²) in [7, 11) is 1.60. The predicted molar refractivity (Wildman–Crippen MR) is 115 cm³/mol. The predicted octanol–water partition coefficient (Wildman–Crippen LogP) is 1.87. The maximum Gasteiger partial charge on any atom is 0.269 e. The molecular formula is C22H27N5O3. The Morgan fingerprint density at radius 2 is 2.03 bits per heavy atom. The molecule has 0 unspecified atom stereocenters. The van der Waals surface area contributed by atoms with E-state index in [1.54, 1.807) is 19.3 Å². The van der Waals surface area contributed by atoms with Gasteiger partial charge in [0.05, 0.1) is 17.6 Å². The number of fused-ring (bicyclic) bond motifs is 1. The number of piperazine rings is 1. The van der Waals surface area contributed by atoms with Crippen LogP contribution in [-0.2, 0) is 11.3 Å². The minimum Gasteiger partial charge on any atom is -0.478 e. The lowest BCUT2D eigenvalue weighted by atomic mass is 10.1. The fraction of sp³-hybridized carbons (Fsp3) is 0.409. The van der Waals surface area contributed by atoms with Crippen LogP contribution in [-0.4, -0.2) is 61.0 Å². The first-order valence-corrected chi connectivity index (χ1v) is 10.3. The molecule has 1 aromatic heterocycles. The van der Waals surface area contributed by atoms with Crippen molar-refractivity contribution in [3.8, 4) is 5.75 Å². The molecule has 4 rings (SSSR count). The second kappa shape index (κ2) is 8.71. The molecule has 2 aromatic rings. The van der Waals surface area contributed by atoms with Gasteiger partial charge in [-0.05, 0) is 36.2 Å². The van der Waals surface area contributed by atoms with Crippen LogP contribution in [0.5, 0.6) is 5.75 Å². The van der Waals surface area contributed by atoms with Gasteiger partial charge in [0.1, 0.15) is 11.4 Å². The maximum absolute atomic E-state index is 12.1. The summed E-state index contributed by atoms with van der Waals surface area (Å²) in [6.07, 6.45) is 2.01. The van der Waals surface area contributed by atoms with Gasteiger partial charge in [-0.3, -0.25) is 14.5 Å². The highest BCUT2D eigenvalue weighted by molar-refractivity contribution is 5.97. The van der Waals surface area contributed by atoms with Gasteiger partial charge in [0.15, 0.2) is 6.10 Å².